The van der Waals surface area contributed by atoms with Gasteiger partial charge in [-0.2, -0.15) is 4.98 Å². The van der Waals surface area contributed by atoms with Gasteiger partial charge in [0.1, 0.15) is 5.75 Å². The summed E-state index contributed by atoms with van der Waals surface area (Å²) in [5, 5.41) is 4.10. The van der Waals surface area contributed by atoms with Gasteiger partial charge in [-0.05, 0) is 60.8 Å². The second-order valence-electron chi connectivity index (χ2n) is 9.89. The minimum Gasteiger partial charge on any atom is -0.481 e. The van der Waals surface area contributed by atoms with E-state index in [-0.39, 0.29) is 17.9 Å². The third-order valence-electron chi connectivity index (χ3n) is 6.23. The standard InChI is InChI=1S/C27H33N3O3/c1-18(32-23-12-8-10-19-9-6-7-11-22(19)23)26(31)30(5)17-24-28-25(29-33-24)20-13-15-21(16-14-20)27(2,3)4/h8,10,12-16,18H,6-7,9,11,17H2,1-5H3/t18-/m1/s1. The fraction of sp³-hybridized carbons (Fsp3) is 0.444. The van der Waals surface area contributed by atoms with E-state index in [4.69, 9.17) is 9.26 Å². The number of amides is 1. The first-order valence-electron chi connectivity index (χ1n) is 11.7. The Balaban J connectivity index is 1.39. The number of likely N-dealkylation sites (N-methyl/N-ethyl adjacent to an activating group) is 1. The van der Waals surface area contributed by atoms with Crippen molar-refractivity contribution in [3.8, 4) is 17.1 Å². The highest BCUT2D eigenvalue weighted by Crippen LogP contribution is 2.30. The smallest absolute Gasteiger partial charge is 0.263 e. The molecule has 33 heavy (non-hydrogen) atoms. The maximum absolute atomic E-state index is 12.9. The Morgan fingerprint density at radius 1 is 1.12 bits per heavy atom. The number of aryl methyl sites for hydroxylation is 1. The van der Waals surface area contributed by atoms with Crippen LogP contribution in [-0.4, -0.2) is 34.1 Å². The molecule has 1 aromatic heterocycles. The van der Waals surface area contributed by atoms with Crippen LogP contribution in [0.3, 0.4) is 0 Å². The summed E-state index contributed by atoms with van der Waals surface area (Å²) in [7, 11) is 1.73. The van der Waals surface area contributed by atoms with Gasteiger partial charge in [-0.1, -0.05) is 62.3 Å². The minimum atomic E-state index is -0.601. The van der Waals surface area contributed by atoms with Gasteiger partial charge < -0.3 is 14.2 Å². The highest BCUT2D eigenvalue weighted by molar-refractivity contribution is 5.80. The number of hydrogen-bond donors (Lipinski definition) is 0. The second kappa shape index (κ2) is 9.38. The van der Waals surface area contributed by atoms with Crippen molar-refractivity contribution in [3.63, 3.8) is 0 Å². The van der Waals surface area contributed by atoms with Crippen molar-refractivity contribution >= 4 is 5.91 Å². The quantitative estimate of drug-likeness (QED) is 0.510. The summed E-state index contributed by atoms with van der Waals surface area (Å²) in [6.45, 7) is 8.55. The number of fused-ring (bicyclic) bond motifs is 1. The van der Waals surface area contributed by atoms with Gasteiger partial charge in [-0.25, -0.2) is 0 Å². The summed E-state index contributed by atoms with van der Waals surface area (Å²) in [6.07, 6.45) is 3.85. The molecule has 1 aliphatic rings. The fourth-order valence-electron chi connectivity index (χ4n) is 4.24. The third-order valence-corrected chi connectivity index (χ3v) is 6.23. The van der Waals surface area contributed by atoms with Gasteiger partial charge in [0.25, 0.3) is 5.91 Å². The Bertz CT molecular complexity index is 1110. The van der Waals surface area contributed by atoms with E-state index in [2.05, 4.69) is 49.1 Å². The normalized spacial score (nSPS) is 14.5. The van der Waals surface area contributed by atoms with Crippen molar-refractivity contribution < 1.29 is 14.1 Å². The molecular formula is C27H33N3O3. The summed E-state index contributed by atoms with van der Waals surface area (Å²) in [5.74, 6) is 1.61. The predicted octanol–water partition coefficient (Wildman–Crippen LogP) is 5.34. The van der Waals surface area contributed by atoms with Crippen LogP contribution < -0.4 is 4.74 Å². The molecule has 0 aliphatic heterocycles. The molecule has 3 aromatic rings. The first-order chi connectivity index (χ1) is 15.7. The molecule has 0 bridgehead atoms. The topological polar surface area (TPSA) is 68.5 Å². The van der Waals surface area contributed by atoms with Crippen LogP contribution in [0.5, 0.6) is 5.75 Å². The second-order valence-corrected chi connectivity index (χ2v) is 9.89. The molecule has 0 fully saturated rings. The molecule has 0 saturated carbocycles. The molecule has 1 aliphatic carbocycles. The summed E-state index contributed by atoms with van der Waals surface area (Å²) >= 11 is 0. The number of carbonyl (C=O) groups is 1. The maximum atomic E-state index is 12.9. The lowest BCUT2D eigenvalue weighted by Crippen LogP contribution is -2.37. The molecule has 0 spiro atoms. The van der Waals surface area contributed by atoms with Gasteiger partial charge in [-0.15, -0.1) is 0 Å². The van der Waals surface area contributed by atoms with Crippen LogP contribution in [0.1, 0.15) is 63.1 Å². The molecule has 2 aromatic carbocycles. The first kappa shape index (κ1) is 23.0. The minimum absolute atomic E-state index is 0.0851. The van der Waals surface area contributed by atoms with Crippen molar-refractivity contribution in [2.45, 2.75) is 71.4 Å². The van der Waals surface area contributed by atoms with Crippen LogP contribution in [0.15, 0.2) is 47.0 Å². The summed E-state index contributed by atoms with van der Waals surface area (Å²) < 4.78 is 11.5. The Hall–Kier alpha value is -3.15. The molecule has 6 heteroatoms. The number of nitrogens with zero attached hydrogens (tertiary/aromatic N) is 3. The molecule has 1 atom stereocenters. The van der Waals surface area contributed by atoms with E-state index in [1.165, 1.54) is 23.1 Å². The number of benzene rings is 2. The highest BCUT2D eigenvalue weighted by Gasteiger charge is 2.24. The van der Waals surface area contributed by atoms with Gasteiger partial charge >= 0.3 is 0 Å². The fourth-order valence-corrected chi connectivity index (χ4v) is 4.24. The van der Waals surface area contributed by atoms with E-state index in [0.717, 1.165) is 30.6 Å². The lowest BCUT2D eigenvalue weighted by atomic mass is 9.87. The van der Waals surface area contributed by atoms with E-state index in [1.54, 1.807) is 18.9 Å². The molecule has 0 saturated heterocycles. The van der Waals surface area contributed by atoms with Crippen LogP contribution in [0.25, 0.3) is 11.4 Å². The molecule has 174 valence electrons. The van der Waals surface area contributed by atoms with E-state index in [0.29, 0.717) is 11.7 Å². The average molecular weight is 448 g/mol. The molecular weight excluding hydrogens is 414 g/mol. The number of aromatic nitrogens is 2. The lowest BCUT2D eigenvalue weighted by molar-refractivity contribution is -0.137. The van der Waals surface area contributed by atoms with Crippen molar-refractivity contribution in [3.05, 3.63) is 65.0 Å². The zero-order chi connectivity index (χ0) is 23.6. The molecule has 1 heterocycles. The van der Waals surface area contributed by atoms with Crippen molar-refractivity contribution in [2.75, 3.05) is 7.05 Å². The van der Waals surface area contributed by atoms with Crippen LogP contribution >= 0.6 is 0 Å². The van der Waals surface area contributed by atoms with Crippen LogP contribution in [0, 0.1) is 0 Å². The summed E-state index contributed by atoms with van der Waals surface area (Å²) in [5.41, 5.74) is 4.79. The third kappa shape index (κ3) is 5.27. The van der Waals surface area contributed by atoms with Crippen molar-refractivity contribution in [2.24, 2.45) is 0 Å². The number of ether oxygens (including phenoxy) is 1. The summed E-state index contributed by atoms with van der Waals surface area (Å²) in [6, 6.07) is 14.3. The summed E-state index contributed by atoms with van der Waals surface area (Å²) in [4.78, 5) is 19.0. The number of hydrogen-bond acceptors (Lipinski definition) is 5. The largest absolute Gasteiger partial charge is 0.481 e. The van der Waals surface area contributed by atoms with E-state index < -0.39 is 6.10 Å². The Morgan fingerprint density at radius 3 is 2.58 bits per heavy atom. The highest BCUT2D eigenvalue weighted by atomic mass is 16.5. The molecule has 1 amide bonds. The van der Waals surface area contributed by atoms with Gasteiger partial charge in [0.05, 0.1) is 6.54 Å². The zero-order valence-corrected chi connectivity index (χ0v) is 20.2. The van der Waals surface area contributed by atoms with E-state index in [1.807, 2.05) is 24.3 Å². The Morgan fingerprint density at radius 2 is 1.85 bits per heavy atom. The SMILES string of the molecule is C[C@@H](Oc1cccc2c1CCCC2)C(=O)N(C)Cc1nc(-c2ccc(C(C)(C)C)cc2)no1. The number of carbonyl (C=O) groups excluding carboxylic acids is 1. The van der Waals surface area contributed by atoms with Crippen LogP contribution in [0.2, 0.25) is 0 Å². The van der Waals surface area contributed by atoms with Crippen molar-refractivity contribution in [1.82, 2.24) is 15.0 Å². The maximum Gasteiger partial charge on any atom is 0.263 e. The van der Waals surface area contributed by atoms with E-state index >= 15 is 0 Å². The molecule has 0 radical (unpaired) electrons. The Labute approximate surface area is 196 Å². The monoisotopic (exact) mass is 447 g/mol. The van der Waals surface area contributed by atoms with E-state index in [9.17, 15) is 4.79 Å². The first-order valence-corrected chi connectivity index (χ1v) is 11.7. The molecule has 0 N–H and O–H groups in total. The number of rotatable bonds is 6. The molecule has 0 unspecified atom stereocenters. The molecule has 6 nitrogen and oxygen atoms in total. The zero-order valence-electron chi connectivity index (χ0n) is 20.2. The van der Waals surface area contributed by atoms with Gasteiger partial charge in [-0.3, -0.25) is 4.79 Å². The van der Waals surface area contributed by atoms with Gasteiger partial charge in [0, 0.05) is 12.6 Å². The van der Waals surface area contributed by atoms with Crippen molar-refractivity contribution in [1.29, 1.82) is 0 Å². The van der Waals surface area contributed by atoms with Gasteiger partial charge in [0.15, 0.2) is 6.10 Å². The average Bonchev–Trinajstić information content (AvgIpc) is 3.26. The van der Waals surface area contributed by atoms with Crippen LogP contribution in [-0.2, 0) is 29.6 Å². The van der Waals surface area contributed by atoms with Gasteiger partial charge in [0.2, 0.25) is 11.7 Å². The lowest BCUT2D eigenvalue weighted by Gasteiger charge is -2.24. The molecule has 4 rings (SSSR count). The predicted molar refractivity (Wildman–Crippen MR) is 128 cm³/mol. The Kier molecular flexibility index (Phi) is 6.54. The van der Waals surface area contributed by atoms with Crippen LogP contribution in [0.4, 0.5) is 0 Å².